The predicted octanol–water partition coefficient (Wildman–Crippen LogP) is 6.42. The Bertz CT molecular complexity index is 1420. The Morgan fingerprint density at radius 2 is 1.78 bits per heavy atom. The highest BCUT2D eigenvalue weighted by Gasteiger charge is 2.24. The maximum absolute atomic E-state index is 14.3. The second kappa shape index (κ2) is 10.5. The molecule has 1 aliphatic heterocycles. The molecule has 6 rings (SSSR count). The van der Waals surface area contributed by atoms with Gasteiger partial charge in [-0.25, -0.2) is 9.37 Å². The molecule has 37 heavy (non-hydrogen) atoms. The van der Waals surface area contributed by atoms with E-state index in [-0.39, 0.29) is 11.7 Å². The third-order valence-corrected chi connectivity index (χ3v) is 7.82. The first-order valence-electron chi connectivity index (χ1n) is 13.4. The molecule has 0 atom stereocenters. The lowest BCUT2D eigenvalue weighted by Crippen LogP contribution is -2.42. The minimum Gasteiger partial charge on any atom is -0.378 e. The van der Waals surface area contributed by atoms with Gasteiger partial charge in [-0.05, 0) is 66.3 Å². The van der Waals surface area contributed by atoms with Crippen LogP contribution in [0.5, 0.6) is 0 Å². The van der Waals surface area contributed by atoms with Gasteiger partial charge in [0.05, 0.1) is 30.1 Å². The van der Waals surface area contributed by atoms with Gasteiger partial charge in [-0.1, -0.05) is 43.5 Å². The van der Waals surface area contributed by atoms with Crippen LogP contribution < -0.4 is 0 Å². The number of hydrogen-bond acceptors (Lipinski definition) is 3. The summed E-state index contributed by atoms with van der Waals surface area (Å²) in [6.07, 6.45) is 8.27. The first-order chi connectivity index (χ1) is 18.2. The van der Waals surface area contributed by atoms with Gasteiger partial charge in [0.25, 0.3) is 0 Å². The van der Waals surface area contributed by atoms with Crippen LogP contribution in [0.1, 0.15) is 43.6 Å². The number of ether oxygens (including phenoxy) is 1. The molecular formula is C31H32FN3O2. The molecule has 0 unspecified atom stereocenters. The van der Waals surface area contributed by atoms with Gasteiger partial charge in [-0.3, -0.25) is 4.79 Å². The number of benzene rings is 2. The van der Waals surface area contributed by atoms with Crippen molar-refractivity contribution in [3.8, 4) is 22.5 Å². The molecule has 2 aromatic heterocycles. The number of fused-ring (bicyclic) bond motifs is 1. The molecule has 0 N–H and O–H groups in total. The Hall–Kier alpha value is -3.51. The molecule has 5 nitrogen and oxygen atoms in total. The quantitative estimate of drug-likeness (QED) is 0.320. The summed E-state index contributed by atoms with van der Waals surface area (Å²) in [5.41, 5.74) is 5.52. The van der Waals surface area contributed by atoms with Gasteiger partial charge in [-0.2, -0.15) is 0 Å². The van der Waals surface area contributed by atoms with E-state index in [1.54, 1.807) is 12.1 Å². The second-order valence-electron chi connectivity index (χ2n) is 10.2. The average molecular weight is 498 g/mol. The molecule has 0 radical (unpaired) electrons. The zero-order valence-corrected chi connectivity index (χ0v) is 21.0. The van der Waals surface area contributed by atoms with Crippen molar-refractivity contribution < 1.29 is 13.9 Å². The fourth-order valence-corrected chi connectivity index (χ4v) is 5.85. The van der Waals surface area contributed by atoms with Gasteiger partial charge in [0.1, 0.15) is 12.4 Å². The lowest BCUT2D eigenvalue weighted by molar-refractivity contribution is -0.135. The lowest BCUT2D eigenvalue weighted by Gasteiger charge is -2.28. The minimum absolute atomic E-state index is 0.132. The van der Waals surface area contributed by atoms with Gasteiger partial charge in [-0.15, -0.1) is 0 Å². The summed E-state index contributed by atoms with van der Waals surface area (Å²) in [5.74, 6) is 0.374. The highest BCUT2D eigenvalue weighted by Crippen LogP contribution is 2.39. The van der Waals surface area contributed by atoms with Crippen molar-refractivity contribution in [2.24, 2.45) is 0 Å². The lowest BCUT2D eigenvalue weighted by atomic mass is 9.83. The van der Waals surface area contributed by atoms with Crippen molar-refractivity contribution in [1.82, 2.24) is 14.5 Å². The van der Waals surface area contributed by atoms with Crippen molar-refractivity contribution in [3.63, 3.8) is 0 Å². The molecule has 1 aliphatic carbocycles. The number of amides is 1. The molecule has 4 aromatic rings. The zero-order chi connectivity index (χ0) is 25.2. The number of pyridine rings is 1. The predicted molar refractivity (Wildman–Crippen MR) is 144 cm³/mol. The van der Waals surface area contributed by atoms with Crippen LogP contribution >= 0.6 is 0 Å². The summed E-state index contributed by atoms with van der Waals surface area (Å²) in [5, 5.41) is 0.999. The molecule has 190 valence electrons. The highest BCUT2D eigenvalue weighted by molar-refractivity contribution is 5.87. The number of carbonyl (C=O) groups is 1. The maximum atomic E-state index is 14.3. The van der Waals surface area contributed by atoms with Gasteiger partial charge in [0, 0.05) is 30.2 Å². The fourth-order valence-electron chi connectivity index (χ4n) is 5.85. The van der Waals surface area contributed by atoms with E-state index in [2.05, 4.69) is 29.0 Å². The van der Waals surface area contributed by atoms with Crippen LogP contribution in [0.25, 0.3) is 33.4 Å². The van der Waals surface area contributed by atoms with Crippen molar-refractivity contribution in [2.75, 3.05) is 26.3 Å². The van der Waals surface area contributed by atoms with Crippen LogP contribution in [-0.4, -0.2) is 46.7 Å². The number of morpholine rings is 1. The summed E-state index contributed by atoms with van der Waals surface area (Å²) in [6.45, 7) is 2.83. The molecule has 1 amide bonds. The number of aromatic nitrogens is 2. The zero-order valence-electron chi connectivity index (χ0n) is 21.0. The van der Waals surface area contributed by atoms with Crippen molar-refractivity contribution in [2.45, 2.75) is 44.6 Å². The summed E-state index contributed by atoms with van der Waals surface area (Å²) in [7, 11) is 0. The minimum atomic E-state index is -0.272. The maximum Gasteiger partial charge on any atom is 0.242 e. The number of halogens is 1. The molecule has 0 spiro atoms. The summed E-state index contributed by atoms with van der Waals surface area (Å²) >= 11 is 0. The Balaban J connectivity index is 1.37. The van der Waals surface area contributed by atoms with Gasteiger partial charge < -0.3 is 14.2 Å². The highest BCUT2D eigenvalue weighted by atomic mass is 19.1. The summed E-state index contributed by atoms with van der Waals surface area (Å²) < 4.78 is 21.9. The third kappa shape index (κ3) is 4.90. The summed E-state index contributed by atoms with van der Waals surface area (Å²) in [4.78, 5) is 19.8. The average Bonchev–Trinajstić information content (AvgIpc) is 3.37. The van der Waals surface area contributed by atoms with Crippen molar-refractivity contribution in [3.05, 3.63) is 78.2 Å². The molecule has 1 saturated heterocycles. The van der Waals surface area contributed by atoms with Gasteiger partial charge in [0.2, 0.25) is 5.91 Å². The summed E-state index contributed by atoms with van der Waals surface area (Å²) in [6, 6.07) is 19.1. The molecule has 6 heteroatoms. The van der Waals surface area contributed by atoms with Crippen LogP contribution in [0.15, 0.2) is 66.9 Å². The normalized spacial score (nSPS) is 16.8. The van der Waals surface area contributed by atoms with Gasteiger partial charge in [0.15, 0.2) is 0 Å². The first kappa shape index (κ1) is 23.9. The van der Waals surface area contributed by atoms with Crippen LogP contribution in [0.4, 0.5) is 4.39 Å². The Morgan fingerprint density at radius 3 is 2.59 bits per heavy atom. The molecule has 2 fully saturated rings. The topological polar surface area (TPSA) is 47.4 Å². The number of rotatable bonds is 5. The number of nitrogens with zero attached hydrogens (tertiary/aromatic N) is 3. The SMILES string of the molecule is O=C(Cn1ccc(C2CCCCC2)c1-c1ccc2nc(-c3ccccc3F)ccc2c1)N1CCOCC1. The van der Waals surface area contributed by atoms with Crippen LogP contribution in [-0.2, 0) is 16.1 Å². The third-order valence-electron chi connectivity index (χ3n) is 7.82. The van der Waals surface area contributed by atoms with Crippen LogP contribution in [0, 0.1) is 5.82 Å². The van der Waals surface area contributed by atoms with E-state index in [4.69, 9.17) is 9.72 Å². The number of hydrogen-bond donors (Lipinski definition) is 0. The van der Waals surface area contributed by atoms with Crippen LogP contribution in [0.2, 0.25) is 0 Å². The van der Waals surface area contributed by atoms with E-state index < -0.39 is 0 Å². The van der Waals surface area contributed by atoms with Crippen LogP contribution in [0.3, 0.4) is 0 Å². The second-order valence-corrected chi connectivity index (χ2v) is 10.2. The van der Waals surface area contributed by atoms with E-state index in [0.717, 1.165) is 22.2 Å². The largest absolute Gasteiger partial charge is 0.378 e. The van der Waals surface area contributed by atoms with E-state index in [1.165, 1.54) is 43.7 Å². The number of carbonyl (C=O) groups excluding carboxylic acids is 1. The molecule has 2 aliphatic rings. The van der Waals surface area contributed by atoms with E-state index in [0.29, 0.717) is 50.0 Å². The Labute approximate surface area is 216 Å². The fraction of sp³-hybridized carbons (Fsp3) is 0.355. The monoisotopic (exact) mass is 497 g/mol. The van der Waals surface area contributed by atoms with E-state index in [9.17, 15) is 9.18 Å². The molecule has 1 saturated carbocycles. The van der Waals surface area contributed by atoms with Gasteiger partial charge >= 0.3 is 0 Å². The smallest absolute Gasteiger partial charge is 0.242 e. The molecule has 2 aromatic carbocycles. The molecule has 3 heterocycles. The molecule has 0 bridgehead atoms. The van der Waals surface area contributed by atoms with E-state index in [1.807, 2.05) is 29.2 Å². The van der Waals surface area contributed by atoms with Crippen molar-refractivity contribution >= 4 is 16.8 Å². The first-order valence-corrected chi connectivity index (χ1v) is 13.4. The molecular weight excluding hydrogens is 465 g/mol. The van der Waals surface area contributed by atoms with Crippen molar-refractivity contribution in [1.29, 1.82) is 0 Å². The van der Waals surface area contributed by atoms with E-state index >= 15 is 0 Å². The Kier molecular flexibility index (Phi) is 6.75. The Morgan fingerprint density at radius 1 is 0.973 bits per heavy atom. The standard InChI is InChI=1S/C31H32FN3O2/c32-27-9-5-4-8-26(27)29-13-10-23-20-24(11-12-28(23)33-29)31-25(22-6-2-1-3-7-22)14-15-35(31)21-30(36)34-16-18-37-19-17-34/h4-5,8-15,20,22H,1-3,6-7,16-19,21H2.